The van der Waals surface area contributed by atoms with E-state index >= 15 is 0 Å². The molecule has 0 radical (unpaired) electrons. The minimum Gasteiger partial charge on any atom is -0.480 e. The third-order valence-electron chi connectivity index (χ3n) is 4.59. The van der Waals surface area contributed by atoms with Crippen molar-refractivity contribution in [3.63, 3.8) is 0 Å². The molecule has 0 atom stereocenters. The predicted molar refractivity (Wildman–Crippen MR) is 92.3 cm³/mol. The molecule has 5 nitrogen and oxygen atoms in total. The average molecular weight is 357 g/mol. The zero-order valence-electron chi connectivity index (χ0n) is 14.1. The van der Waals surface area contributed by atoms with Gasteiger partial charge in [0.25, 0.3) is 6.43 Å². The molecule has 1 aliphatic carbocycles. The summed E-state index contributed by atoms with van der Waals surface area (Å²) in [4.78, 5) is 15.7. The lowest BCUT2D eigenvalue weighted by molar-refractivity contribution is -0.137. The van der Waals surface area contributed by atoms with Crippen molar-refractivity contribution < 1.29 is 18.7 Å². The molecule has 1 fully saturated rings. The number of pyridine rings is 1. The molecule has 26 heavy (non-hydrogen) atoms. The summed E-state index contributed by atoms with van der Waals surface area (Å²) in [5, 5.41) is 13.8. The molecule has 3 aromatic rings. The van der Waals surface area contributed by atoms with Crippen LogP contribution >= 0.6 is 0 Å². The van der Waals surface area contributed by atoms with Crippen molar-refractivity contribution in [2.45, 2.75) is 38.7 Å². The van der Waals surface area contributed by atoms with Crippen molar-refractivity contribution in [1.29, 1.82) is 0 Å². The van der Waals surface area contributed by atoms with Gasteiger partial charge < -0.3 is 5.11 Å². The van der Waals surface area contributed by atoms with Crippen LogP contribution in [0.1, 0.15) is 42.0 Å². The number of carbonyl (C=O) groups is 1. The summed E-state index contributed by atoms with van der Waals surface area (Å²) in [5.41, 5.74) is 2.76. The van der Waals surface area contributed by atoms with Crippen molar-refractivity contribution >= 4 is 17.0 Å². The molecular formula is C19H17F2N3O2. The normalized spacial score (nSPS) is 14.3. The molecule has 0 unspecified atom stereocenters. The van der Waals surface area contributed by atoms with E-state index in [4.69, 9.17) is 5.11 Å². The maximum absolute atomic E-state index is 13.8. The number of carboxylic acids is 1. The van der Waals surface area contributed by atoms with Gasteiger partial charge in [0, 0.05) is 17.0 Å². The van der Waals surface area contributed by atoms with Gasteiger partial charge in [0.15, 0.2) is 5.65 Å². The number of benzene rings is 1. The first-order valence-corrected chi connectivity index (χ1v) is 8.42. The van der Waals surface area contributed by atoms with Crippen molar-refractivity contribution in [3.05, 3.63) is 47.2 Å². The fraction of sp³-hybridized carbons (Fsp3) is 0.316. The number of carboxylic acid groups (broad SMARTS) is 1. The topological polar surface area (TPSA) is 68.0 Å². The number of aryl methyl sites for hydroxylation is 1. The number of alkyl halides is 2. The highest BCUT2D eigenvalue weighted by molar-refractivity contribution is 5.87. The molecular weight excluding hydrogens is 340 g/mol. The highest BCUT2D eigenvalue weighted by Gasteiger charge is 2.32. The van der Waals surface area contributed by atoms with Crippen LogP contribution in [0.5, 0.6) is 0 Å². The number of hydrogen-bond acceptors (Lipinski definition) is 3. The summed E-state index contributed by atoms with van der Waals surface area (Å²) in [5.74, 6) is -0.977. The molecule has 1 aliphatic rings. The van der Waals surface area contributed by atoms with Crippen LogP contribution in [0.15, 0.2) is 30.3 Å². The number of halogens is 2. The van der Waals surface area contributed by atoms with Crippen LogP contribution in [-0.4, -0.2) is 25.8 Å². The van der Waals surface area contributed by atoms with Crippen LogP contribution in [0.4, 0.5) is 8.78 Å². The highest BCUT2D eigenvalue weighted by Crippen LogP contribution is 2.45. The second kappa shape index (κ2) is 6.16. The van der Waals surface area contributed by atoms with Gasteiger partial charge in [-0.3, -0.25) is 4.79 Å². The smallest absolute Gasteiger partial charge is 0.325 e. The molecule has 0 bridgehead atoms. The standard InChI is InChI=1S/C19H17F2N3O2/c1-10-2-4-11(5-3-10)14-8-13(18(20)21)16-17(12-6-7-12)23-24(9-15(25)26)19(16)22-14/h2-5,8,12,18H,6-7,9H2,1H3,(H,25,26). The average Bonchev–Trinajstić information content (AvgIpc) is 3.38. The monoisotopic (exact) mass is 357 g/mol. The Bertz CT molecular complexity index is 992. The van der Waals surface area contributed by atoms with E-state index in [1.54, 1.807) is 0 Å². The fourth-order valence-electron chi connectivity index (χ4n) is 3.15. The molecule has 2 heterocycles. The van der Waals surface area contributed by atoms with Crippen molar-refractivity contribution in [2.75, 3.05) is 0 Å². The summed E-state index contributed by atoms with van der Waals surface area (Å²) in [7, 11) is 0. The molecule has 0 amide bonds. The Balaban J connectivity index is 1.98. The highest BCUT2D eigenvalue weighted by atomic mass is 19.3. The largest absolute Gasteiger partial charge is 0.480 e. The van der Waals surface area contributed by atoms with E-state index in [1.807, 2.05) is 31.2 Å². The maximum atomic E-state index is 13.8. The van der Waals surface area contributed by atoms with E-state index in [-0.39, 0.29) is 17.1 Å². The van der Waals surface area contributed by atoms with Gasteiger partial charge in [-0.2, -0.15) is 5.10 Å². The Morgan fingerprint density at radius 1 is 1.31 bits per heavy atom. The summed E-state index contributed by atoms with van der Waals surface area (Å²) < 4.78 is 28.9. The van der Waals surface area contributed by atoms with Crippen molar-refractivity contribution in [1.82, 2.24) is 14.8 Å². The molecule has 1 N–H and O–H groups in total. The van der Waals surface area contributed by atoms with E-state index in [9.17, 15) is 13.6 Å². The number of fused-ring (bicyclic) bond motifs is 1. The van der Waals surface area contributed by atoms with Crippen LogP contribution in [0.25, 0.3) is 22.3 Å². The molecule has 7 heteroatoms. The second-order valence-corrected chi connectivity index (χ2v) is 6.67. The number of aliphatic carboxylic acids is 1. The van der Waals surface area contributed by atoms with Crippen LogP contribution in [0.3, 0.4) is 0 Å². The minimum atomic E-state index is -2.69. The lowest BCUT2D eigenvalue weighted by Gasteiger charge is -2.09. The van der Waals surface area contributed by atoms with Gasteiger partial charge in [-0.25, -0.2) is 18.4 Å². The van der Waals surface area contributed by atoms with Gasteiger partial charge in [0.2, 0.25) is 0 Å². The van der Waals surface area contributed by atoms with Gasteiger partial charge in [-0.1, -0.05) is 29.8 Å². The van der Waals surface area contributed by atoms with Crippen molar-refractivity contribution in [2.24, 2.45) is 0 Å². The molecule has 134 valence electrons. The fourth-order valence-corrected chi connectivity index (χ4v) is 3.15. The van der Waals surface area contributed by atoms with E-state index < -0.39 is 18.9 Å². The number of hydrogen-bond donors (Lipinski definition) is 1. The van der Waals surface area contributed by atoms with Crippen molar-refractivity contribution in [3.8, 4) is 11.3 Å². The van der Waals surface area contributed by atoms with Gasteiger partial charge in [0.1, 0.15) is 6.54 Å². The summed E-state index contributed by atoms with van der Waals surface area (Å²) in [6.45, 7) is 1.53. The predicted octanol–water partition coefficient (Wildman–Crippen LogP) is 4.31. The van der Waals surface area contributed by atoms with Crippen LogP contribution in [0.2, 0.25) is 0 Å². The van der Waals surface area contributed by atoms with Gasteiger partial charge in [-0.15, -0.1) is 0 Å². The molecule has 0 saturated heterocycles. The zero-order chi connectivity index (χ0) is 18.4. The summed E-state index contributed by atoms with van der Waals surface area (Å²) >= 11 is 0. The Hall–Kier alpha value is -2.83. The Labute approximate surface area is 148 Å². The maximum Gasteiger partial charge on any atom is 0.325 e. The first-order chi connectivity index (χ1) is 12.4. The van der Waals surface area contributed by atoms with Crippen LogP contribution in [-0.2, 0) is 11.3 Å². The number of aromatic nitrogens is 3. The minimum absolute atomic E-state index is 0.108. The molecule has 2 aromatic heterocycles. The molecule has 1 saturated carbocycles. The Morgan fingerprint density at radius 3 is 2.58 bits per heavy atom. The third kappa shape index (κ3) is 2.94. The van der Waals surface area contributed by atoms with Gasteiger partial charge in [0.05, 0.1) is 16.8 Å². The zero-order valence-corrected chi connectivity index (χ0v) is 14.1. The Kier molecular flexibility index (Phi) is 3.94. The molecule has 0 aliphatic heterocycles. The summed E-state index contributed by atoms with van der Waals surface area (Å²) in [6, 6.07) is 8.80. The van der Waals surface area contributed by atoms with Crippen LogP contribution in [0, 0.1) is 6.92 Å². The second-order valence-electron chi connectivity index (χ2n) is 6.67. The molecule has 0 spiro atoms. The first-order valence-electron chi connectivity index (χ1n) is 8.42. The molecule has 4 rings (SSSR count). The van der Waals surface area contributed by atoms with Gasteiger partial charge in [-0.05, 0) is 25.8 Å². The Morgan fingerprint density at radius 2 is 2.00 bits per heavy atom. The quantitative estimate of drug-likeness (QED) is 0.739. The molecule has 1 aromatic carbocycles. The van der Waals surface area contributed by atoms with Gasteiger partial charge >= 0.3 is 5.97 Å². The third-order valence-corrected chi connectivity index (χ3v) is 4.59. The summed E-state index contributed by atoms with van der Waals surface area (Å²) in [6.07, 6.45) is -0.937. The van der Waals surface area contributed by atoms with Crippen LogP contribution < -0.4 is 0 Å². The first kappa shape index (κ1) is 16.6. The lowest BCUT2D eigenvalue weighted by atomic mass is 10.0. The van der Waals surface area contributed by atoms with E-state index in [1.165, 1.54) is 10.7 Å². The number of nitrogens with zero attached hydrogens (tertiary/aromatic N) is 3. The SMILES string of the molecule is Cc1ccc(-c2cc(C(F)F)c3c(C4CC4)nn(CC(=O)O)c3n2)cc1. The van der Waals surface area contributed by atoms with E-state index in [0.29, 0.717) is 22.3 Å². The van der Waals surface area contributed by atoms with E-state index in [0.717, 1.165) is 18.4 Å². The lowest BCUT2D eigenvalue weighted by Crippen LogP contribution is -2.11. The number of rotatable bonds is 5. The van der Waals surface area contributed by atoms with E-state index in [2.05, 4.69) is 10.1 Å².